The second-order valence-electron chi connectivity index (χ2n) is 5.67. The number of halogens is 2. The van der Waals surface area contributed by atoms with Gasteiger partial charge in [0.2, 0.25) is 0 Å². The Morgan fingerprint density at radius 1 is 1.25 bits per heavy atom. The van der Waals surface area contributed by atoms with Crippen LogP contribution in [-0.4, -0.2) is 15.3 Å². The lowest BCUT2D eigenvalue weighted by molar-refractivity contribution is 0.102. The number of amides is 1. The number of imidazole rings is 1. The molecule has 3 rings (SSSR count). The molecule has 0 atom stereocenters. The number of hydrogen-bond donors (Lipinski definition) is 1. The van der Waals surface area contributed by atoms with Gasteiger partial charge in [0.15, 0.2) is 0 Å². The van der Waals surface area contributed by atoms with E-state index in [1.54, 1.807) is 18.2 Å². The fourth-order valence-electron chi connectivity index (χ4n) is 2.63. The smallest absolute Gasteiger partial charge is 0.274 e. The van der Waals surface area contributed by atoms with Gasteiger partial charge in [-0.3, -0.25) is 9.20 Å². The minimum absolute atomic E-state index is 0.249. The maximum atomic E-state index is 12.9. The first kappa shape index (κ1) is 16.8. The molecular weight excluding hydrogens is 345 g/mol. The van der Waals surface area contributed by atoms with E-state index in [1.165, 1.54) is 0 Å². The van der Waals surface area contributed by atoms with E-state index >= 15 is 0 Å². The molecule has 6 heteroatoms. The molecule has 1 N–H and O–H groups in total. The number of hydrogen-bond acceptors (Lipinski definition) is 2. The Labute approximate surface area is 150 Å². The molecule has 0 bridgehead atoms. The molecule has 1 amide bonds. The van der Waals surface area contributed by atoms with Gasteiger partial charge in [0, 0.05) is 11.2 Å². The van der Waals surface area contributed by atoms with Gasteiger partial charge in [0.1, 0.15) is 11.3 Å². The number of nitrogens with one attached hydrogen (secondary N) is 1. The first-order valence-electron chi connectivity index (χ1n) is 7.73. The average molecular weight is 362 g/mol. The van der Waals surface area contributed by atoms with Gasteiger partial charge < -0.3 is 5.32 Å². The largest absolute Gasteiger partial charge is 0.319 e. The van der Waals surface area contributed by atoms with Crippen molar-refractivity contribution < 1.29 is 4.79 Å². The van der Waals surface area contributed by atoms with Crippen LogP contribution in [0.1, 0.15) is 35.1 Å². The highest BCUT2D eigenvalue weighted by atomic mass is 35.5. The highest BCUT2D eigenvalue weighted by molar-refractivity contribution is 6.35. The zero-order chi connectivity index (χ0) is 17.3. The van der Waals surface area contributed by atoms with Crippen molar-refractivity contribution in [3.05, 3.63) is 63.5 Å². The van der Waals surface area contributed by atoms with Crippen LogP contribution < -0.4 is 5.32 Å². The molecule has 24 heavy (non-hydrogen) atoms. The first-order valence-corrected chi connectivity index (χ1v) is 8.49. The van der Waals surface area contributed by atoms with Crippen LogP contribution in [0.3, 0.4) is 0 Å². The van der Waals surface area contributed by atoms with Crippen molar-refractivity contribution >= 4 is 40.4 Å². The van der Waals surface area contributed by atoms with Crippen LogP contribution in [0.5, 0.6) is 0 Å². The number of fused-ring (bicyclic) bond motifs is 1. The summed E-state index contributed by atoms with van der Waals surface area (Å²) in [5.74, 6) is -0.249. The predicted molar refractivity (Wildman–Crippen MR) is 98.3 cm³/mol. The van der Waals surface area contributed by atoms with Gasteiger partial charge in [-0.15, -0.1) is 0 Å². The number of carbonyl (C=O) groups is 1. The summed E-state index contributed by atoms with van der Waals surface area (Å²) in [5, 5.41) is 3.80. The molecule has 4 nitrogen and oxygen atoms in total. The van der Waals surface area contributed by atoms with E-state index in [-0.39, 0.29) is 5.91 Å². The minimum atomic E-state index is -0.249. The third-order valence-electron chi connectivity index (χ3n) is 3.72. The van der Waals surface area contributed by atoms with Gasteiger partial charge in [0.25, 0.3) is 5.91 Å². The van der Waals surface area contributed by atoms with Gasteiger partial charge in [0.05, 0.1) is 16.4 Å². The molecular formula is C18H17Cl2N3O. The monoisotopic (exact) mass is 361 g/mol. The Kier molecular flexibility index (Phi) is 4.78. The molecule has 3 aromatic rings. The third kappa shape index (κ3) is 3.25. The molecule has 0 fully saturated rings. The molecule has 124 valence electrons. The van der Waals surface area contributed by atoms with E-state index in [1.807, 2.05) is 29.7 Å². The molecule has 0 spiro atoms. The Bertz CT molecular complexity index is 918. The number of carbonyl (C=O) groups excluding carboxylic acids is 1. The Balaban J connectivity index is 2.06. The fourth-order valence-corrected chi connectivity index (χ4v) is 2.96. The number of rotatable bonds is 4. The van der Waals surface area contributed by atoms with Crippen LogP contribution in [0.4, 0.5) is 5.69 Å². The van der Waals surface area contributed by atoms with Crippen LogP contribution in [0.25, 0.3) is 5.65 Å². The highest BCUT2D eigenvalue weighted by Gasteiger charge is 2.19. The molecule has 1 aromatic carbocycles. The quantitative estimate of drug-likeness (QED) is 0.697. The number of anilines is 1. The van der Waals surface area contributed by atoms with Crippen molar-refractivity contribution in [3.63, 3.8) is 0 Å². The van der Waals surface area contributed by atoms with Gasteiger partial charge in [-0.1, -0.05) is 42.6 Å². The topological polar surface area (TPSA) is 46.4 Å². The molecule has 0 unspecified atom stereocenters. The summed E-state index contributed by atoms with van der Waals surface area (Å²) < 4.78 is 1.83. The molecule has 2 heterocycles. The predicted octanol–water partition coefficient (Wildman–Crippen LogP) is 5.15. The summed E-state index contributed by atoms with van der Waals surface area (Å²) in [7, 11) is 0. The maximum absolute atomic E-state index is 12.9. The normalized spacial score (nSPS) is 11.0. The van der Waals surface area contributed by atoms with Crippen molar-refractivity contribution in [2.24, 2.45) is 0 Å². The second kappa shape index (κ2) is 6.83. The van der Waals surface area contributed by atoms with Crippen LogP contribution in [0.2, 0.25) is 10.0 Å². The lowest BCUT2D eigenvalue weighted by Gasteiger charge is -2.09. The SMILES string of the molecule is CCCc1nc2ccc(C)cn2c1C(=O)Nc1cc(Cl)ccc1Cl. The van der Waals surface area contributed by atoms with Crippen LogP contribution in [0.15, 0.2) is 36.5 Å². The maximum Gasteiger partial charge on any atom is 0.274 e. The van der Waals surface area contributed by atoms with E-state index in [2.05, 4.69) is 17.2 Å². The average Bonchev–Trinajstić information content (AvgIpc) is 2.88. The van der Waals surface area contributed by atoms with E-state index < -0.39 is 0 Å². The van der Waals surface area contributed by atoms with Gasteiger partial charge in [-0.25, -0.2) is 4.98 Å². The zero-order valence-electron chi connectivity index (χ0n) is 13.4. The highest BCUT2D eigenvalue weighted by Crippen LogP contribution is 2.26. The van der Waals surface area contributed by atoms with Crippen molar-refractivity contribution in [2.45, 2.75) is 26.7 Å². The molecule has 2 aromatic heterocycles. The minimum Gasteiger partial charge on any atom is -0.319 e. The molecule has 0 radical (unpaired) electrons. The van der Waals surface area contributed by atoms with E-state index in [0.717, 1.165) is 29.7 Å². The Morgan fingerprint density at radius 2 is 2.04 bits per heavy atom. The number of benzene rings is 1. The van der Waals surface area contributed by atoms with Gasteiger partial charge in [-0.05, 0) is 43.2 Å². The third-order valence-corrected chi connectivity index (χ3v) is 4.28. The first-order chi connectivity index (χ1) is 11.5. The Morgan fingerprint density at radius 3 is 2.79 bits per heavy atom. The van der Waals surface area contributed by atoms with Crippen LogP contribution in [-0.2, 0) is 6.42 Å². The van der Waals surface area contributed by atoms with Crippen molar-refractivity contribution in [1.82, 2.24) is 9.38 Å². The molecule has 0 aliphatic carbocycles. The van der Waals surface area contributed by atoms with Crippen molar-refractivity contribution in [2.75, 3.05) is 5.32 Å². The molecule has 0 aliphatic heterocycles. The van der Waals surface area contributed by atoms with Crippen LogP contribution in [0, 0.1) is 6.92 Å². The van der Waals surface area contributed by atoms with E-state index in [4.69, 9.17) is 23.2 Å². The van der Waals surface area contributed by atoms with Gasteiger partial charge >= 0.3 is 0 Å². The molecule has 0 aliphatic rings. The van der Waals surface area contributed by atoms with Gasteiger partial charge in [-0.2, -0.15) is 0 Å². The summed E-state index contributed by atoms with van der Waals surface area (Å²) in [6, 6.07) is 8.87. The number of aromatic nitrogens is 2. The standard InChI is InChI=1S/C18H17Cl2N3O/c1-3-4-14-17(23-10-11(2)5-8-16(23)21-14)18(24)22-15-9-12(19)6-7-13(15)20/h5-10H,3-4H2,1-2H3,(H,22,24). The number of aryl methyl sites for hydroxylation is 2. The lowest BCUT2D eigenvalue weighted by Crippen LogP contribution is -2.16. The summed E-state index contributed by atoms with van der Waals surface area (Å²) >= 11 is 12.1. The Hall–Kier alpha value is -2.04. The number of pyridine rings is 1. The van der Waals surface area contributed by atoms with Crippen LogP contribution >= 0.6 is 23.2 Å². The lowest BCUT2D eigenvalue weighted by atomic mass is 10.2. The fraction of sp³-hybridized carbons (Fsp3) is 0.222. The van der Waals surface area contributed by atoms with Crippen molar-refractivity contribution in [1.29, 1.82) is 0 Å². The molecule has 0 saturated heterocycles. The number of nitrogens with zero attached hydrogens (tertiary/aromatic N) is 2. The summed E-state index contributed by atoms with van der Waals surface area (Å²) in [6.07, 6.45) is 3.55. The molecule has 0 saturated carbocycles. The zero-order valence-corrected chi connectivity index (χ0v) is 14.9. The summed E-state index contributed by atoms with van der Waals surface area (Å²) in [6.45, 7) is 4.04. The summed E-state index contributed by atoms with van der Waals surface area (Å²) in [5.41, 5.74) is 3.61. The summed E-state index contributed by atoms with van der Waals surface area (Å²) in [4.78, 5) is 17.5. The second-order valence-corrected chi connectivity index (χ2v) is 6.51. The van der Waals surface area contributed by atoms with Crippen molar-refractivity contribution in [3.8, 4) is 0 Å². The van der Waals surface area contributed by atoms with E-state index in [9.17, 15) is 4.79 Å². The van der Waals surface area contributed by atoms with E-state index in [0.29, 0.717) is 21.4 Å².